The molecule has 0 aromatic carbocycles. The lowest BCUT2D eigenvalue weighted by Gasteiger charge is -2.43. The van der Waals surface area contributed by atoms with Crippen molar-refractivity contribution in [2.24, 2.45) is 0 Å². The Bertz CT molecular complexity index is 683. The van der Waals surface area contributed by atoms with E-state index in [1.54, 1.807) is 0 Å². The van der Waals surface area contributed by atoms with E-state index in [0.29, 0.717) is 0 Å². The zero-order valence-corrected chi connectivity index (χ0v) is 16.9. The van der Waals surface area contributed by atoms with E-state index in [9.17, 15) is 74.6 Å². The van der Waals surface area contributed by atoms with E-state index in [4.69, 9.17) is 5.11 Å². The average Bonchev–Trinajstić information content (AvgIpc) is 2.64. The molecule has 0 heterocycles. The van der Waals surface area contributed by atoms with Gasteiger partial charge in [-0.05, 0) is 12.6 Å². The van der Waals surface area contributed by atoms with Crippen LogP contribution < -0.4 is 0 Å². The summed E-state index contributed by atoms with van der Waals surface area (Å²) in [4.78, 5) is 0. The van der Waals surface area contributed by atoms with Crippen molar-refractivity contribution < 1.29 is 84.2 Å². The van der Waals surface area contributed by atoms with Crippen molar-refractivity contribution in [2.75, 3.05) is 13.3 Å². The molecule has 1 unspecified atom stereocenters. The van der Waals surface area contributed by atoms with Crippen molar-refractivity contribution in [1.29, 1.82) is 0 Å². The molecule has 2 nitrogen and oxygen atoms in total. The second-order valence-corrected chi connectivity index (χ2v) is 11.1. The van der Waals surface area contributed by atoms with E-state index >= 15 is 0 Å². The first kappa shape index (κ1) is 31.9. The van der Waals surface area contributed by atoms with Gasteiger partial charge in [0.1, 0.15) is 0 Å². The maximum Gasteiger partial charge on any atom is 0.460 e. The predicted octanol–water partition coefficient (Wildman–Crippen LogP) is 6.14. The van der Waals surface area contributed by atoms with Gasteiger partial charge in [-0.2, -0.15) is 74.6 Å². The van der Waals surface area contributed by atoms with Crippen molar-refractivity contribution in [3.8, 4) is 0 Å². The second-order valence-electron chi connectivity index (χ2n) is 6.96. The Morgan fingerprint density at radius 3 is 1.15 bits per heavy atom. The average molecular weight is 552 g/mol. The van der Waals surface area contributed by atoms with Crippen LogP contribution in [0.2, 0.25) is 12.6 Å². The van der Waals surface area contributed by atoms with Gasteiger partial charge in [0.2, 0.25) is 8.32 Å². The van der Waals surface area contributed by atoms with Gasteiger partial charge in [-0.1, -0.05) is 0 Å². The molecule has 0 bridgehead atoms. The maximum atomic E-state index is 13.7. The molecule has 33 heavy (non-hydrogen) atoms. The van der Waals surface area contributed by atoms with Gasteiger partial charge in [-0.25, -0.2) is 0 Å². The fraction of sp³-hybridized carbons (Fsp3) is 1.00. The minimum Gasteiger partial charge on any atom is -0.418 e. The third-order valence-electron chi connectivity index (χ3n) is 4.58. The van der Waals surface area contributed by atoms with Crippen LogP contribution in [0, 0.1) is 0 Å². The SMILES string of the molecule is CO[Si](C)(CO)CCC(F)(F)C(F)(F)C(F)(F)C(F)(F)C(F)(F)C(F)(F)C(F)(F)C(F)(F)F. The lowest BCUT2D eigenvalue weighted by atomic mass is 9.88. The minimum absolute atomic E-state index is 0.727. The number of aliphatic hydroxyl groups is 1. The van der Waals surface area contributed by atoms with Gasteiger partial charge in [0, 0.05) is 13.5 Å². The summed E-state index contributed by atoms with van der Waals surface area (Å²) < 4.78 is 227. The van der Waals surface area contributed by atoms with Crippen LogP contribution in [0.5, 0.6) is 0 Å². The van der Waals surface area contributed by atoms with Crippen LogP contribution in [-0.4, -0.2) is 74.4 Å². The number of alkyl halides is 17. The highest BCUT2D eigenvalue weighted by atomic mass is 28.4. The monoisotopic (exact) mass is 552 g/mol. The van der Waals surface area contributed by atoms with Gasteiger partial charge in [0.05, 0.1) is 6.23 Å². The van der Waals surface area contributed by atoms with Crippen LogP contribution in [-0.2, 0) is 4.43 Å². The molecule has 0 aromatic heterocycles. The molecule has 200 valence electrons. The molecule has 20 heteroatoms. The molecule has 1 atom stereocenters. The minimum atomic E-state index is -8.64. The molecule has 0 saturated carbocycles. The lowest BCUT2D eigenvalue weighted by molar-refractivity contribution is -0.461. The molecule has 0 fully saturated rings. The molecule has 0 saturated heterocycles. The molecule has 0 spiro atoms. The molecule has 0 aliphatic carbocycles. The van der Waals surface area contributed by atoms with Crippen molar-refractivity contribution in [2.45, 2.75) is 66.6 Å². The predicted molar refractivity (Wildman–Crippen MR) is 75.8 cm³/mol. The summed E-state index contributed by atoms with van der Waals surface area (Å²) in [6.45, 7) is 0.835. The number of rotatable bonds is 11. The molecule has 0 aromatic rings. The molecule has 0 aliphatic rings. The lowest BCUT2D eigenvalue weighted by Crippen LogP contribution is -2.74. The quantitative estimate of drug-likeness (QED) is 0.247. The standard InChI is InChI=1S/C13H13F17O2Si/c1-32-33(2,5-31)4-3-6(14,15)7(16,17)8(18,19)9(20,21)10(22,23)11(24,25)12(26,27)13(28,29)30/h31H,3-5H2,1-2H3. The number of aliphatic hydroxyl groups excluding tert-OH is 1. The molecule has 0 radical (unpaired) electrons. The Morgan fingerprint density at radius 1 is 0.576 bits per heavy atom. The largest absolute Gasteiger partial charge is 0.460 e. The Balaban J connectivity index is 6.53. The van der Waals surface area contributed by atoms with Crippen LogP contribution in [0.4, 0.5) is 74.6 Å². The summed E-state index contributed by atoms with van der Waals surface area (Å²) >= 11 is 0. The van der Waals surface area contributed by atoms with Crippen LogP contribution in [0.1, 0.15) is 6.42 Å². The van der Waals surface area contributed by atoms with Gasteiger partial charge in [0.25, 0.3) is 0 Å². The van der Waals surface area contributed by atoms with Gasteiger partial charge >= 0.3 is 47.6 Å². The van der Waals surface area contributed by atoms with Crippen LogP contribution in [0.15, 0.2) is 0 Å². The topological polar surface area (TPSA) is 29.5 Å². The number of hydrogen-bond acceptors (Lipinski definition) is 2. The zero-order valence-electron chi connectivity index (χ0n) is 15.9. The first-order chi connectivity index (χ1) is 14.1. The van der Waals surface area contributed by atoms with E-state index in [0.717, 1.165) is 13.7 Å². The van der Waals surface area contributed by atoms with E-state index in [1.807, 2.05) is 0 Å². The summed E-state index contributed by atoms with van der Waals surface area (Å²) in [6, 6.07) is -1.43. The molecule has 0 amide bonds. The molecule has 1 N–H and O–H groups in total. The van der Waals surface area contributed by atoms with Crippen molar-refractivity contribution >= 4 is 8.32 Å². The normalized spacial score (nSPS) is 17.8. The van der Waals surface area contributed by atoms with E-state index in [-0.39, 0.29) is 0 Å². The van der Waals surface area contributed by atoms with Gasteiger partial charge in [0.15, 0.2) is 0 Å². The maximum absolute atomic E-state index is 13.7. The summed E-state index contributed by atoms with van der Waals surface area (Å²) in [5, 5.41) is 8.90. The number of halogens is 17. The molecule has 0 rings (SSSR count). The van der Waals surface area contributed by atoms with Gasteiger partial charge in [-0.3, -0.25) is 0 Å². The van der Waals surface area contributed by atoms with Crippen molar-refractivity contribution in [1.82, 2.24) is 0 Å². The molecular weight excluding hydrogens is 539 g/mol. The van der Waals surface area contributed by atoms with Crippen LogP contribution in [0.3, 0.4) is 0 Å². The fourth-order valence-electron chi connectivity index (χ4n) is 2.02. The van der Waals surface area contributed by atoms with Crippen LogP contribution >= 0.6 is 0 Å². The van der Waals surface area contributed by atoms with Crippen molar-refractivity contribution in [3.63, 3.8) is 0 Å². The third-order valence-corrected chi connectivity index (χ3v) is 7.54. The zero-order chi connectivity index (χ0) is 27.3. The summed E-state index contributed by atoms with van der Waals surface area (Å²) in [7, 11) is -3.06. The first-order valence-electron chi connectivity index (χ1n) is 7.95. The van der Waals surface area contributed by atoms with Crippen molar-refractivity contribution in [3.05, 3.63) is 0 Å². The summed E-state index contributed by atoms with van der Waals surface area (Å²) in [5.41, 5.74) is 0. The van der Waals surface area contributed by atoms with E-state index in [2.05, 4.69) is 4.43 Å². The molecular formula is C13H13F17O2Si. The van der Waals surface area contributed by atoms with E-state index in [1.165, 1.54) is 0 Å². The van der Waals surface area contributed by atoms with Gasteiger partial charge < -0.3 is 9.53 Å². The first-order valence-corrected chi connectivity index (χ1v) is 10.8. The van der Waals surface area contributed by atoms with Gasteiger partial charge in [-0.15, -0.1) is 0 Å². The Labute approximate surface area is 173 Å². The third kappa shape index (κ3) is 4.62. The number of hydrogen-bond donors (Lipinski definition) is 1. The summed E-state index contributed by atoms with van der Waals surface area (Å²) in [5.74, 6) is -56.4. The highest BCUT2D eigenvalue weighted by Gasteiger charge is 2.95. The fourth-order valence-corrected chi connectivity index (χ4v) is 3.35. The highest BCUT2D eigenvalue weighted by molar-refractivity contribution is 6.72. The highest BCUT2D eigenvalue weighted by Crippen LogP contribution is 2.64. The van der Waals surface area contributed by atoms with Crippen LogP contribution in [0.25, 0.3) is 0 Å². The second kappa shape index (κ2) is 8.56. The molecule has 0 aliphatic heterocycles. The Morgan fingerprint density at radius 2 is 0.879 bits per heavy atom. The van der Waals surface area contributed by atoms with E-state index < -0.39 is 74.6 Å². The smallest absolute Gasteiger partial charge is 0.418 e. The Kier molecular flexibility index (Phi) is 8.29. The summed E-state index contributed by atoms with van der Waals surface area (Å²) in [6.07, 6.45) is -11.5. The Hall–Kier alpha value is -1.05.